The fourth-order valence-electron chi connectivity index (χ4n) is 4.93. The van der Waals surface area contributed by atoms with Crippen LogP contribution in [0.2, 0.25) is 0 Å². The van der Waals surface area contributed by atoms with Gasteiger partial charge in [-0.25, -0.2) is 0 Å². The first-order valence-corrected chi connectivity index (χ1v) is 11.5. The summed E-state index contributed by atoms with van der Waals surface area (Å²) in [5, 5.41) is 0. The first-order valence-electron chi connectivity index (χ1n) is 11.5. The molecule has 0 radical (unpaired) electrons. The molecule has 2 amide bonds. The van der Waals surface area contributed by atoms with Crippen molar-refractivity contribution in [2.75, 3.05) is 33.9 Å². The topological polar surface area (TPSA) is 68.3 Å². The Morgan fingerprint density at radius 3 is 2.16 bits per heavy atom. The van der Waals surface area contributed by atoms with Crippen LogP contribution < -0.4 is 9.47 Å². The van der Waals surface area contributed by atoms with E-state index in [-0.39, 0.29) is 18.4 Å². The normalized spacial score (nSPS) is 20.0. The molecule has 1 heterocycles. The van der Waals surface area contributed by atoms with E-state index in [1.807, 2.05) is 4.90 Å². The second kappa shape index (κ2) is 10.4. The minimum atomic E-state index is -0.744. The summed E-state index contributed by atoms with van der Waals surface area (Å²) in [5.74, 6) is 0.577. The van der Waals surface area contributed by atoms with Gasteiger partial charge in [0.2, 0.25) is 5.91 Å². The molecule has 1 saturated carbocycles. The van der Waals surface area contributed by atoms with Crippen molar-refractivity contribution in [2.45, 2.75) is 70.6 Å². The quantitative estimate of drug-likeness (QED) is 0.624. The molecule has 1 saturated heterocycles. The highest BCUT2D eigenvalue weighted by Gasteiger charge is 2.54. The standard InChI is InChI=1S/C24H36N2O5/c1-5-15-25(16-6-2)22(27)18-17-31-24(13-8-7-9-14-24)26(18)23(28)21-19(29-3)11-10-12-20(21)30-4/h10-12,18H,5-9,13-17H2,1-4H3. The van der Waals surface area contributed by atoms with Gasteiger partial charge in [0.05, 0.1) is 20.8 Å². The zero-order chi connectivity index (χ0) is 22.4. The van der Waals surface area contributed by atoms with E-state index in [1.165, 1.54) is 14.2 Å². The average molecular weight is 433 g/mol. The molecule has 1 unspecified atom stereocenters. The monoisotopic (exact) mass is 432 g/mol. The molecule has 172 valence electrons. The van der Waals surface area contributed by atoms with Crippen molar-refractivity contribution in [1.82, 2.24) is 9.80 Å². The molecule has 1 spiro atoms. The molecular formula is C24H36N2O5. The van der Waals surface area contributed by atoms with Gasteiger partial charge in [0.25, 0.3) is 5.91 Å². The maximum absolute atomic E-state index is 14.0. The maximum Gasteiger partial charge on any atom is 0.264 e. The Morgan fingerprint density at radius 1 is 1.06 bits per heavy atom. The van der Waals surface area contributed by atoms with Gasteiger partial charge in [-0.15, -0.1) is 0 Å². The molecular weight excluding hydrogens is 396 g/mol. The highest BCUT2D eigenvalue weighted by atomic mass is 16.5. The number of hydrogen-bond donors (Lipinski definition) is 0. The van der Waals surface area contributed by atoms with Crippen LogP contribution in [-0.2, 0) is 9.53 Å². The van der Waals surface area contributed by atoms with E-state index in [4.69, 9.17) is 14.2 Å². The van der Waals surface area contributed by atoms with Crippen LogP contribution in [0.25, 0.3) is 0 Å². The van der Waals surface area contributed by atoms with E-state index in [9.17, 15) is 9.59 Å². The lowest BCUT2D eigenvalue weighted by Gasteiger charge is -2.42. The van der Waals surface area contributed by atoms with E-state index >= 15 is 0 Å². The molecule has 1 aromatic carbocycles. The number of rotatable bonds is 8. The highest BCUT2D eigenvalue weighted by Crippen LogP contribution is 2.43. The predicted octanol–water partition coefficient (Wildman–Crippen LogP) is 3.85. The summed E-state index contributed by atoms with van der Waals surface area (Å²) in [6.07, 6.45) is 6.28. The number of methoxy groups -OCH3 is 2. The number of ether oxygens (including phenoxy) is 3. The van der Waals surface area contributed by atoms with Crippen LogP contribution in [-0.4, -0.2) is 67.3 Å². The third-order valence-electron chi connectivity index (χ3n) is 6.34. The van der Waals surface area contributed by atoms with Crippen LogP contribution >= 0.6 is 0 Å². The van der Waals surface area contributed by atoms with Crippen molar-refractivity contribution in [3.8, 4) is 11.5 Å². The molecule has 1 atom stereocenters. The first kappa shape index (κ1) is 23.4. The van der Waals surface area contributed by atoms with Gasteiger partial charge in [0, 0.05) is 13.1 Å². The van der Waals surface area contributed by atoms with Crippen molar-refractivity contribution < 1.29 is 23.8 Å². The molecule has 1 aliphatic heterocycles. The van der Waals surface area contributed by atoms with Crippen LogP contribution in [0.1, 0.15) is 69.2 Å². The van der Waals surface area contributed by atoms with Crippen molar-refractivity contribution in [2.24, 2.45) is 0 Å². The van der Waals surface area contributed by atoms with Gasteiger partial charge in [-0.05, 0) is 50.7 Å². The van der Waals surface area contributed by atoms with E-state index < -0.39 is 11.8 Å². The Morgan fingerprint density at radius 2 is 1.65 bits per heavy atom. The van der Waals surface area contributed by atoms with Crippen molar-refractivity contribution in [1.29, 1.82) is 0 Å². The van der Waals surface area contributed by atoms with Gasteiger partial charge >= 0.3 is 0 Å². The Hall–Kier alpha value is -2.28. The van der Waals surface area contributed by atoms with Crippen molar-refractivity contribution in [3.05, 3.63) is 23.8 Å². The van der Waals surface area contributed by atoms with E-state index in [0.717, 1.165) is 44.9 Å². The Kier molecular flexibility index (Phi) is 7.81. The summed E-state index contributed by atoms with van der Waals surface area (Å²) in [6, 6.07) is 4.64. The molecule has 2 fully saturated rings. The van der Waals surface area contributed by atoms with Crippen LogP contribution in [0, 0.1) is 0 Å². The lowest BCUT2D eigenvalue weighted by Crippen LogP contribution is -2.57. The fourth-order valence-corrected chi connectivity index (χ4v) is 4.93. The molecule has 3 rings (SSSR count). The minimum Gasteiger partial charge on any atom is -0.496 e. The molecule has 7 nitrogen and oxygen atoms in total. The zero-order valence-corrected chi connectivity index (χ0v) is 19.3. The summed E-state index contributed by atoms with van der Waals surface area (Å²) in [5.41, 5.74) is -0.399. The molecule has 1 aliphatic carbocycles. The number of nitrogens with zero attached hydrogens (tertiary/aromatic N) is 2. The third-order valence-corrected chi connectivity index (χ3v) is 6.34. The Balaban J connectivity index is 2.04. The SMILES string of the molecule is CCCN(CCC)C(=O)C1COC2(CCCCC2)N1C(=O)c1c(OC)cccc1OC. The minimum absolute atomic E-state index is 0.0339. The van der Waals surface area contributed by atoms with E-state index in [2.05, 4.69) is 13.8 Å². The molecule has 0 bridgehead atoms. The summed E-state index contributed by atoms with van der Waals surface area (Å²) >= 11 is 0. The van der Waals surface area contributed by atoms with Crippen LogP contribution in [0.3, 0.4) is 0 Å². The molecule has 7 heteroatoms. The summed E-state index contributed by atoms with van der Waals surface area (Å²) in [7, 11) is 3.07. The van der Waals surface area contributed by atoms with Gasteiger partial charge in [-0.1, -0.05) is 26.3 Å². The maximum atomic E-state index is 14.0. The van der Waals surface area contributed by atoms with Gasteiger partial charge in [-0.3, -0.25) is 14.5 Å². The summed E-state index contributed by atoms with van der Waals surface area (Å²) in [6.45, 7) is 5.71. The van der Waals surface area contributed by atoms with Crippen LogP contribution in [0.4, 0.5) is 0 Å². The van der Waals surface area contributed by atoms with Crippen LogP contribution in [0.5, 0.6) is 11.5 Å². The zero-order valence-electron chi connectivity index (χ0n) is 19.3. The fraction of sp³-hybridized carbons (Fsp3) is 0.667. The third kappa shape index (κ3) is 4.52. The first-order chi connectivity index (χ1) is 15.0. The number of carbonyl (C=O) groups is 2. The number of carbonyl (C=O) groups excluding carboxylic acids is 2. The number of hydrogen-bond acceptors (Lipinski definition) is 5. The lowest BCUT2D eigenvalue weighted by atomic mass is 9.89. The van der Waals surface area contributed by atoms with Gasteiger partial charge in [0.1, 0.15) is 28.8 Å². The number of benzene rings is 1. The van der Waals surface area contributed by atoms with Crippen molar-refractivity contribution >= 4 is 11.8 Å². The summed E-state index contributed by atoms with van der Waals surface area (Å²) < 4.78 is 17.3. The van der Waals surface area contributed by atoms with E-state index in [0.29, 0.717) is 30.2 Å². The predicted molar refractivity (Wildman–Crippen MR) is 118 cm³/mol. The molecule has 2 aliphatic rings. The molecule has 31 heavy (non-hydrogen) atoms. The van der Waals surface area contributed by atoms with Crippen LogP contribution in [0.15, 0.2) is 18.2 Å². The molecule has 0 aromatic heterocycles. The molecule has 0 N–H and O–H groups in total. The Bertz CT molecular complexity index is 747. The summed E-state index contributed by atoms with van der Waals surface area (Å²) in [4.78, 5) is 31.2. The highest BCUT2D eigenvalue weighted by molar-refractivity contribution is 6.02. The largest absolute Gasteiger partial charge is 0.496 e. The van der Waals surface area contributed by atoms with Gasteiger partial charge in [0.15, 0.2) is 0 Å². The second-order valence-corrected chi connectivity index (χ2v) is 8.37. The smallest absolute Gasteiger partial charge is 0.264 e. The average Bonchev–Trinajstić information content (AvgIpc) is 3.15. The van der Waals surface area contributed by atoms with Crippen molar-refractivity contribution in [3.63, 3.8) is 0 Å². The molecule has 1 aromatic rings. The number of amides is 2. The van der Waals surface area contributed by atoms with E-state index in [1.54, 1.807) is 23.1 Å². The second-order valence-electron chi connectivity index (χ2n) is 8.37. The lowest BCUT2D eigenvalue weighted by molar-refractivity contribution is -0.137. The van der Waals surface area contributed by atoms with Gasteiger partial charge < -0.3 is 19.1 Å². The van der Waals surface area contributed by atoms with Gasteiger partial charge in [-0.2, -0.15) is 0 Å². The Labute approximate surface area is 185 Å².